The van der Waals surface area contributed by atoms with Crippen molar-refractivity contribution >= 4 is 33.6 Å². The molecular weight excluding hydrogens is 254 g/mol. The summed E-state index contributed by atoms with van der Waals surface area (Å²) in [7, 11) is 0. The van der Waals surface area contributed by atoms with Crippen LogP contribution in [0, 0.1) is 0 Å². The molecule has 0 amide bonds. The lowest BCUT2D eigenvalue weighted by Crippen LogP contribution is -2.05. The van der Waals surface area contributed by atoms with Gasteiger partial charge >= 0.3 is 0 Å². The van der Waals surface area contributed by atoms with Crippen molar-refractivity contribution in [3.63, 3.8) is 0 Å². The lowest BCUT2D eigenvalue weighted by molar-refractivity contribution is 1.03. The maximum absolute atomic E-state index is 5.96. The van der Waals surface area contributed by atoms with E-state index >= 15 is 0 Å². The minimum atomic E-state index is 0.770. The van der Waals surface area contributed by atoms with Gasteiger partial charge in [-0.25, -0.2) is 0 Å². The molecule has 0 saturated carbocycles. The molecule has 0 atom stereocenters. The Morgan fingerprint density at radius 3 is 3.00 bits per heavy atom. The molecule has 3 nitrogen and oxygen atoms in total. The summed E-state index contributed by atoms with van der Waals surface area (Å²) in [4.78, 5) is 4.42. The summed E-state index contributed by atoms with van der Waals surface area (Å²) in [5, 5.41) is 8.73. The first-order chi connectivity index (χ1) is 9.34. The van der Waals surface area contributed by atoms with E-state index < -0.39 is 0 Å². The largest absolute Gasteiger partial charge is 0.398 e. The van der Waals surface area contributed by atoms with Crippen LogP contribution in [0.1, 0.15) is 5.56 Å². The number of nitrogens with two attached hydrogens (primary N) is 1. The van der Waals surface area contributed by atoms with Gasteiger partial charge < -0.3 is 11.1 Å². The Balaban J connectivity index is 1.79. The first-order valence-corrected chi connectivity index (χ1v) is 7.17. The summed E-state index contributed by atoms with van der Waals surface area (Å²) in [6, 6.07) is 10.00. The number of nitrogens with one attached hydrogen (secondary N) is 1. The monoisotopic (exact) mass is 269 g/mol. The van der Waals surface area contributed by atoms with Gasteiger partial charge in [-0.1, -0.05) is 0 Å². The zero-order valence-electron chi connectivity index (χ0n) is 10.5. The van der Waals surface area contributed by atoms with E-state index in [9.17, 15) is 0 Å². The second-order valence-electron chi connectivity index (χ2n) is 4.41. The number of benzene rings is 1. The quantitative estimate of drug-likeness (QED) is 0.712. The van der Waals surface area contributed by atoms with E-state index in [0.717, 1.165) is 35.2 Å². The van der Waals surface area contributed by atoms with Crippen LogP contribution in [0.15, 0.2) is 47.3 Å². The van der Waals surface area contributed by atoms with Crippen LogP contribution in [0.5, 0.6) is 0 Å². The topological polar surface area (TPSA) is 50.9 Å². The van der Waals surface area contributed by atoms with Gasteiger partial charge in [-0.3, -0.25) is 4.98 Å². The van der Waals surface area contributed by atoms with E-state index in [1.165, 1.54) is 5.56 Å². The van der Waals surface area contributed by atoms with Crippen LogP contribution in [0.25, 0.3) is 10.9 Å². The third kappa shape index (κ3) is 2.53. The van der Waals surface area contributed by atoms with Crippen molar-refractivity contribution in [1.29, 1.82) is 0 Å². The Morgan fingerprint density at radius 2 is 2.16 bits per heavy atom. The molecule has 0 aliphatic carbocycles. The predicted octanol–water partition coefficient (Wildman–Crippen LogP) is 3.53. The molecule has 0 saturated heterocycles. The van der Waals surface area contributed by atoms with Gasteiger partial charge in [-0.2, -0.15) is 11.3 Å². The summed E-state index contributed by atoms with van der Waals surface area (Å²) in [6.07, 6.45) is 2.81. The molecule has 96 valence electrons. The van der Waals surface area contributed by atoms with Gasteiger partial charge in [0, 0.05) is 23.8 Å². The fourth-order valence-electron chi connectivity index (χ4n) is 2.11. The number of hydrogen-bond acceptors (Lipinski definition) is 4. The van der Waals surface area contributed by atoms with Crippen LogP contribution in [0.4, 0.5) is 11.4 Å². The van der Waals surface area contributed by atoms with Gasteiger partial charge in [0.1, 0.15) is 0 Å². The van der Waals surface area contributed by atoms with Crippen LogP contribution in [0.2, 0.25) is 0 Å². The average Bonchev–Trinajstić information content (AvgIpc) is 2.95. The van der Waals surface area contributed by atoms with Gasteiger partial charge in [0.05, 0.1) is 11.2 Å². The molecule has 3 aromatic rings. The van der Waals surface area contributed by atoms with Crippen molar-refractivity contribution in [2.75, 3.05) is 17.6 Å². The van der Waals surface area contributed by atoms with Gasteiger partial charge in [-0.15, -0.1) is 0 Å². The Kier molecular flexibility index (Phi) is 3.33. The molecule has 0 spiro atoms. The number of pyridine rings is 1. The maximum Gasteiger partial charge on any atom is 0.0953 e. The molecule has 1 aromatic carbocycles. The van der Waals surface area contributed by atoms with Crippen molar-refractivity contribution in [2.45, 2.75) is 6.42 Å². The first-order valence-electron chi connectivity index (χ1n) is 6.23. The Labute approximate surface area is 116 Å². The normalized spacial score (nSPS) is 10.7. The highest BCUT2D eigenvalue weighted by molar-refractivity contribution is 7.07. The molecule has 2 heterocycles. The highest BCUT2D eigenvalue weighted by atomic mass is 32.1. The number of rotatable bonds is 4. The lowest BCUT2D eigenvalue weighted by Gasteiger charge is -2.10. The molecule has 19 heavy (non-hydrogen) atoms. The molecule has 0 aliphatic rings. The third-order valence-corrected chi connectivity index (χ3v) is 3.84. The van der Waals surface area contributed by atoms with Crippen LogP contribution in [-0.4, -0.2) is 11.5 Å². The lowest BCUT2D eigenvalue weighted by atomic mass is 10.1. The van der Waals surface area contributed by atoms with Crippen molar-refractivity contribution in [2.24, 2.45) is 0 Å². The van der Waals surface area contributed by atoms with E-state index in [1.54, 1.807) is 17.5 Å². The molecule has 3 N–H and O–H groups in total. The summed E-state index contributed by atoms with van der Waals surface area (Å²) < 4.78 is 0. The van der Waals surface area contributed by atoms with Crippen molar-refractivity contribution in [1.82, 2.24) is 4.98 Å². The number of fused-ring (bicyclic) bond motifs is 1. The van der Waals surface area contributed by atoms with Gasteiger partial charge in [0.15, 0.2) is 0 Å². The van der Waals surface area contributed by atoms with Gasteiger partial charge in [0.25, 0.3) is 0 Å². The van der Waals surface area contributed by atoms with E-state index in [0.29, 0.717) is 0 Å². The minimum Gasteiger partial charge on any atom is -0.398 e. The molecule has 2 aromatic heterocycles. The predicted molar refractivity (Wildman–Crippen MR) is 82.7 cm³/mol. The standard InChI is InChI=1S/C15H15N3S/c16-13-3-4-14(15-12(13)2-1-7-18-15)17-8-5-11-6-9-19-10-11/h1-4,6-7,9-10,17H,5,8,16H2. The zero-order chi connectivity index (χ0) is 13.1. The first kappa shape index (κ1) is 12.0. The van der Waals surface area contributed by atoms with Crippen molar-refractivity contribution in [3.8, 4) is 0 Å². The van der Waals surface area contributed by atoms with Gasteiger partial charge in [-0.05, 0) is 53.1 Å². The average molecular weight is 269 g/mol. The third-order valence-electron chi connectivity index (χ3n) is 3.11. The fourth-order valence-corrected chi connectivity index (χ4v) is 2.82. The highest BCUT2D eigenvalue weighted by Crippen LogP contribution is 2.26. The van der Waals surface area contributed by atoms with E-state index in [2.05, 4.69) is 27.1 Å². The number of nitrogen functional groups attached to an aromatic ring is 1. The minimum absolute atomic E-state index is 0.770. The number of anilines is 2. The second kappa shape index (κ2) is 5.28. The molecule has 4 heteroatoms. The van der Waals surface area contributed by atoms with E-state index in [1.807, 2.05) is 24.3 Å². The van der Waals surface area contributed by atoms with Gasteiger partial charge in [0.2, 0.25) is 0 Å². The molecule has 0 fully saturated rings. The number of hydrogen-bond donors (Lipinski definition) is 2. The maximum atomic E-state index is 5.96. The number of thiophene rings is 1. The summed E-state index contributed by atoms with van der Waals surface area (Å²) in [6.45, 7) is 0.895. The molecule has 0 bridgehead atoms. The summed E-state index contributed by atoms with van der Waals surface area (Å²) in [5.74, 6) is 0. The molecular formula is C15H15N3S. The summed E-state index contributed by atoms with van der Waals surface area (Å²) >= 11 is 1.73. The molecule has 3 rings (SSSR count). The Morgan fingerprint density at radius 1 is 1.21 bits per heavy atom. The van der Waals surface area contributed by atoms with Crippen LogP contribution < -0.4 is 11.1 Å². The smallest absolute Gasteiger partial charge is 0.0953 e. The van der Waals surface area contributed by atoms with Crippen molar-refractivity contribution < 1.29 is 0 Å². The second-order valence-corrected chi connectivity index (χ2v) is 5.19. The van der Waals surface area contributed by atoms with Crippen LogP contribution >= 0.6 is 11.3 Å². The molecule has 0 unspecified atom stereocenters. The SMILES string of the molecule is Nc1ccc(NCCc2ccsc2)c2ncccc12. The van der Waals surface area contributed by atoms with Crippen LogP contribution in [0.3, 0.4) is 0 Å². The van der Waals surface area contributed by atoms with E-state index in [-0.39, 0.29) is 0 Å². The Bertz CT molecular complexity index is 677. The zero-order valence-corrected chi connectivity index (χ0v) is 11.3. The summed E-state index contributed by atoms with van der Waals surface area (Å²) in [5.41, 5.74) is 10.1. The highest BCUT2D eigenvalue weighted by Gasteiger charge is 2.04. The van der Waals surface area contributed by atoms with Crippen molar-refractivity contribution in [3.05, 3.63) is 52.9 Å². The fraction of sp³-hybridized carbons (Fsp3) is 0.133. The number of aromatic nitrogens is 1. The van der Waals surface area contributed by atoms with Crippen LogP contribution in [-0.2, 0) is 6.42 Å². The molecule has 0 radical (unpaired) electrons. The molecule has 0 aliphatic heterocycles. The Hall–Kier alpha value is -2.07. The van der Waals surface area contributed by atoms with E-state index in [4.69, 9.17) is 5.73 Å². The number of nitrogens with zero attached hydrogens (tertiary/aromatic N) is 1.